The van der Waals surface area contributed by atoms with Crippen molar-refractivity contribution in [3.8, 4) is 5.69 Å². The van der Waals surface area contributed by atoms with Crippen LogP contribution in [0.15, 0.2) is 30.3 Å². The van der Waals surface area contributed by atoms with Gasteiger partial charge in [0.25, 0.3) is 0 Å². The van der Waals surface area contributed by atoms with E-state index in [-0.39, 0.29) is 11.6 Å². The Morgan fingerprint density at radius 3 is 2.55 bits per heavy atom. The van der Waals surface area contributed by atoms with E-state index in [9.17, 15) is 13.2 Å². The van der Waals surface area contributed by atoms with Crippen LogP contribution >= 0.6 is 11.6 Å². The lowest BCUT2D eigenvalue weighted by molar-refractivity contribution is 0.445. The Bertz CT molecular complexity index is 829. The summed E-state index contributed by atoms with van der Waals surface area (Å²) in [5.74, 6) is -4.24. The Kier molecular flexibility index (Phi) is 2.83. The van der Waals surface area contributed by atoms with Crippen LogP contribution in [0.5, 0.6) is 0 Å². The zero-order valence-corrected chi connectivity index (χ0v) is 10.6. The molecule has 0 aliphatic heterocycles. The van der Waals surface area contributed by atoms with E-state index in [0.29, 0.717) is 16.1 Å². The maximum absolute atomic E-state index is 13.9. The van der Waals surface area contributed by atoms with Gasteiger partial charge in [0.15, 0.2) is 17.5 Å². The molecule has 0 unspecified atom stereocenters. The highest BCUT2D eigenvalue weighted by molar-refractivity contribution is 6.35. The molecular formula is C13H7ClF3N3. The number of nitrogens with two attached hydrogens (primary N) is 1. The number of nitrogens with zero attached hydrogens (tertiary/aromatic N) is 2. The third kappa shape index (κ3) is 1.72. The van der Waals surface area contributed by atoms with Crippen molar-refractivity contribution in [1.29, 1.82) is 0 Å². The van der Waals surface area contributed by atoms with Gasteiger partial charge in [-0.05, 0) is 24.3 Å². The van der Waals surface area contributed by atoms with Crippen molar-refractivity contribution < 1.29 is 13.2 Å². The summed E-state index contributed by atoms with van der Waals surface area (Å²) in [6.45, 7) is 0. The maximum Gasteiger partial charge on any atom is 0.206 e. The minimum absolute atomic E-state index is 0.0713. The molecule has 2 N–H and O–H groups in total. The topological polar surface area (TPSA) is 43.8 Å². The van der Waals surface area contributed by atoms with Gasteiger partial charge in [0, 0.05) is 0 Å². The van der Waals surface area contributed by atoms with Crippen molar-refractivity contribution in [3.63, 3.8) is 0 Å². The first kappa shape index (κ1) is 12.8. The number of halogens is 4. The highest BCUT2D eigenvalue weighted by Crippen LogP contribution is 2.30. The molecule has 1 aromatic heterocycles. The van der Waals surface area contributed by atoms with Gasteiger partial charge >= 0.3 is 0 Å². The summed E-state index contributed by atoms with van der Waals surface area (Å²) in [5.41, 5.74) is 6.25. The van der Waals surface area contributed by atoms with Crippen LogP contribution in [-0.2, 0) is 0 Å². The fourth-order valence-corrected chi connectivity index (χ4v) is 2.24. The van der Waals surface area contributed by atoms with Gasteiger partial charge in [-0.3, -0.25) is 4.57 Å². The van der Waals surface area contributed by atoms with E-state index >= 15 is 0 Å². The van der Waals surface area contributed by atoms with E-state index in [1.54, 1.807) is 18.2 Å². The first-order valence-corrected chi connectivity index (χ1v) is 5.95. The van der Waals surface area contributed by atoms with E-state index in [1.165, 1.54) is 4.57 Å². The van der Waals surface area contributed by atoms with Crippen molar-refractivity contribution in [2.24, 2.45) is 0 Å². The molecule has 0 amide bonds. The Balaban J connectivity index is 2.39. The summed E-state index contributed by atoms with van der Waals surface area (Å²) in [4.78, 5) is 4.01. The van der Waals surface area contributed by atoms with Gasteiger partial charge < -0.3 is 5.73 Å². The van der Waals surface area contributed by atoms with Crippen molar-refractivity contribution in [2.75, 3.05) is 5.73 Å². The molecule has 3 aromatic rings. The predicted molar refractivity (Wildman–Crippen MR) is 70.4 cm³/mol. The molecule has 3 rings (SSSR count). The van der Waals surface area contributed by atoms with Gasteiger partial charge in [-0.25, -0.2) is 18.2 Å². The average Bonchev–Trinajstić information content (AvgIpc) is 2.75. The lowest BCUT2D eigenvalue weighted by Crippen LogP contribution is -2.05. The molecule has 0 aliphatic rings. The molecule has 0 fully saturated rings. The zero-order chi connectivity index (χ0) is 14.4. The van der Waals surface area contributed by atoms with E-state index in [1.807, 2.05) is 0 Å². The lowest BCUT2D eigenvalue weighted by atomic mass is 10.2. The van der Waals surface area contributed by atoms with E-state index in [4.69, 9.17) is 17.3 Å². The van der Waals surface area contributed by atoms with Crippen LogP contribution in [0, 0.1) is 17.5 Å². The molecule has 102 valence electrons. The molecule has 0 saturated heterocycles. The van der Waals surface area contributed by atoms with Crippen molar-refractivity contribution in [2.45, 2.75) is 0 Å². The van der Waals surface area contributed by atoms with E-state index in [0.717, 1.165) is 12.1 Å². The second-order valence-corrected chi connectivity index (χ2v) is 4.51. The Hall–Kier alpha value is -2.21. The zero-order valence-electron chi connectivity index (χ0n) is 9.87. The maximum atomic E-state index is 13.9. The van der Waals surface area contributed by atoms with Crippen LogP contribution in [-0.4, -0.2) is 9.55 Å². The van der Waals surface area contributed by atoms with Crippen LogP contribution in [0.3, 0.4) is 0 Å². The quantitative estimate of drug-likeness (QED) is 0.696. The third-order valence-corrected chi connectivity index (χ3v) is 3.22. The number of aromatic nitrogens is 2. The number of benzene rings is 2. The van der Waals surface area contributed by atoms with Gasteiger partial charge in [0.1, 0.15) is 5.52 Å². The number of imidazole rings is 1. The fourth-order valence-electron chi connectivity index (χ4n) is 2.02. The van der Waals surface area contributed by atoms with Crippen LogP contribution in [0.2, 0.25) is 5.02 Å². The molecule has 0 radical (unpaired) electrons. The molecule has 2 aromatic carbocycles. The minimum atomic E-state index is -1.56. The van der Waals surface area contributed by atoms with Crippen LogP contribution in [0.1, 0.15) is 0 Å². The molecule has 0 saturated carbocycles. The van der Waals surface area contributed by atoms with Gasteiger partial charge in [-0.15, -0.1) is 0 Å². The smallest absolute Gasteiger partial charge is 0.206 e. The highest BCUT2D eigenvalue weighted by atomic mass is 35.5. The lowest BCUT2D eigenvalue weighted by Gasteiger charge is -2.08. The van der Waals surface area contributed by atoms with E-state index in [2.05, 4.69) is 4.98 Å². The number of para-hydroxylation sites is 1. The number of nitrogen functional groups attached to an aromatic ring is 1. The van der Waals surface area contributed by atoms with Gasteiger partial charge in [-0.2, -0.15) is 0 Å². The third-order valence-electron chi connectivity index (χ3n) is 2.92. The molecule has 0 aliphatic carbocycles. The van der Waals surface area contributed by atoms with Crippen molar-refractivity contribution >= 4 is 28.6 Å². The molecule has 0 bridgehead atoms. The Morgan fingerprint density at radius 2 is 1.80 bits per heavy atom. The first-order valence-electron chi connectivity index (χ1n) is 5.57. The van der Waals surface area contributed by atoms with Gasteiger partial charge in [-0.1, -0.05) is 17.7 Å². The van der Waals surface area contributed by atoms with Crippen molar-refractivity contribution in [3.05, 3.63) is 52.8 Å². The molecule has 3 nitrogen and oxygen atoms in total. The molecule has 7 heteroatoms. The Labute approximate surface area is 116 Å². The molecule has 0 atom stereocenters. The number of rotatable bonds is 1. The number of fused-ring (bicyclic) bond motifs is 1. The Morgan fingerprint density at radius 1 is 1.05 bits per heavy atom. The standard InChI is InChI=1S/C13H7ClF3N3/c14-6-2-1-3-9-12(6)19-13(18)20(9)8-5-4-7(15)10(16)11(8)17/h1-5H,(H2,18,19). The molecular weight excluding hydrogens is 291 g/mol. The van der Waals surface area contributed by atoms with Crippen LogP contribution in [0.25, 0.3) is 16.7 Å². The summed E-state index contributed by atoms with van der Waals surface area (Å²) >= 11 is 5.97. The second kappa shape index (κ2) is 4.42. The SMILES string of the molecule is Nc1nc2c(Cl)cccc2n1-c1ccc(F)c(F)c1F. The van der Waals surface area contributed by atoms with Gasteiger partial charge in [0.2, 0.25) is 5.95 Å². The molecule has 1 heterocycles. The second-order valence-electron chi connectivity index (χ2n) is 4.11. The summed E-state index contributed by atoms with van der Waals surface area (Å²) in [6, 6.07) is 6.74. The summed E-state index contributed by atoms with van der Waals surface area (Å²) < 4.78 is 41.4. The summed E-state index contributed by atoms with van der Waals surface area (Å²) in [7, 11) is 0. The largest absolute Gasteiger partial charge is 0.369 e. The summed E-state index contributed by atoms with van der Waals surface area (Å²) in [5, 5.41) is 0.330. The van der Waals surface area contributed by atoms with Crippen molar-refractivity contribution in [1.82, 2.24) is 9.55 Å². The molecule has 0 spiro atoms. The number of hydrogen-bond acceptors (Lipinski definition) is 2. The average molecular weight is 298 g/mol. The fraction of sp³-hybridized carbons (Fsp3) is 0. The molecule has 20 heavy (non-hydrogen) atoms. The normalized spacial score (nSPS) is 11.2. The first-order chi connectivity index (χ1) is 9.50. The van der Waals surface area contributed by atoms with Gasteiger partial charge in [0.05, 0.1) is 16.2 Å². The minimum Gasteiger partial charge on any atom is -0.369 e. The summed E-state index contributed by atoms with van der Waals surface area (Å²) in [6.07, 6.45) is 0. The highest BCUT2D eigenvalue weighted by Gasteiger charge is 2.19. The number of hydrogen-bond donors (Lipinski definition) is 1. The predicted octanol–water partition coefficient (Wildman–Crippen LogP) is 3.68. The van der Waals surface area contributed by atoms with Crippen LogP contribution in [0.4, 0.5) is 19.1 Å². The monoisotopic (exact) mass is 297 g/mol. The number of anilines is 1. The van der Waals surface area contributed by atoms with E-state index < -0.39 is 17.5 Å². The van der Waals surface area contributed by atoms with Crippen LogP contribution < -0.4 is 5.73 Å².